The molecule has 2 rings (SSSR count). The van der Waals surface area contributed by atoms with Gasteiger partial charge < -0.3 is 35.6 Å². The number of benzene rings is 1. The third kappa shape index (κ3) is 5.05. The lowest BCUT2D eigenvalue weighted by atomic mass is 10.0. The van der Waals surface area contributed by atoms with Crippen molar-refractivity contribution in [1.82, 2.24) is 9.97 Å². The third-order valence-electron chi connectivity index (χ3n) is 2.84. The van der Waals surface area contributed by atoms with Crippen molar-refractivity contribution in [2.75, 3.05) is 13.2 Å². The monoisotopic (exact) mass is 300 g/mol. The van der Waals surface area contributed by atoms with E-state index in [4.69, 9.17) is 30.6 Å². The molecule has 7 N–H and O–H groups in total. The second kappa shape index (κ2) is 8.67. The number of H-pyrrole nitrogens is 1. The van der Waals surface area contributed by atoms with E-state index in [1.165, 1.54) is 0 Å². The maximum absolute atomic E-state index is 8.96. The summed E-state index contributed by atoms with van der Waals surface area (Å²) in [5.41, 5.74) is 2.12. The topological polar surface area (TPSA) is 150 Å². The van der Waals surface area contributed by atoms with Gasteiger partial charge in [-0.2, -0.15) is 0 Å². The summed E-state index contributed by atoms with van der Waals surface area (Å²) in [5.74, 6) is 0. The Balaban J connectivity index is 0.000000216. The second-order valence-electron chi connectivity index (χ2n) is 4.40. The van der Waals surface area contributed by atoms with Crippen LogP contribution in [-0.4, -0.2) is 78.2 Å². The summed E-state index contributed by atoms with van der Waals surface area (Å²) in [6.07, 6.45) is -4.69. The molecule has 0 aliphatic carbocycles. The molecule has 8 heteroatoms. The quantitative estimate of drug-likeness (QED) is 0.337. The SMILES string of the molecule is OCC(O)C(O)C(O)C(O)CO.c1ccc2[nH]cnc2c1. The molecule has 8 nitrogen and oxygen atoms in total. The molecule has 1 aromatic carbocycles. The van der Waals surface area contributed by atoms with E-state index in [1.807, 2.05) is 24.3 Å². The molecule has 0 saturated heterocycles. The van der Waals surface area contributed by atoms with Gasteiger partial charge in [0.1, 0.15) is 24.4 Å². The van der Waals surface area contributed by atoms with Crippen LogP contribution in [0.3, 0.4) is 0 Å². The zero-order chi connectivity index (χ0) is 15.8. The van der Waals surface area contributed by atoms with Crippen molar-refractivity contribution in [3.63, 3.8) is 0 Å². The van der Waals surface area contributed by atoms with E-state index in [1.54, 1.807) is 6.33 Å². The highest BCUT2D eigenvalue weighted by Crippen LogP contribution is 2.05. The van der Waals surface area contributed by atoms with Gasteiger partial charge in [0.2, 0.25) is 0 Å². The fraction of sp³-hybridized carbons (Fsp3) is 0.462. The number of aromatic amines is 1. The number of hydrogen-bond acceptors (Lipinski definition) is 7. The zero-order valence-corrected chi connectivity index (χ0v) is 11.2. The van der Waals surface area contributed by atoms with Gasteiger partial charge in [-0.25, -0.2) is 4.98 Å². The van der Waals surface area contributed by atoms with Crippen molar-refractivity contribution < 1.29 is 30.6 Å². The van der Waals surface area contributed by atoms with Gasteiger partial charge in [-0.15, -0.1) is 0 Å². The van der Waals surface area contributed by atoms with Crippen LogP contribution in [0.25, 0.3) is 11.0 Å². The number of aromatic nitrogens is 2. The van der Waals surface area contributed by atoms with E-state index in [9.17, 15) is 0 Å². The molecule has 1 aromatic heterocycles. The van der Waals surface area contributed by atoms with Gasteiger partial charge in [0.25, 0.3) is 0 Å². The van der Waals surface area contributed by atoms with Gasteiger partial charge in [0.15, 0.2) is 0 Å². The third-order valence-corrected chi connectivity index (χ3v) is 2.84. The van der Waals surface area contributed by atoms with E-state index in [2.05, 4.69) is 9.97 Å². The highest BCUT2D eigenvalue weighted by molar-refractivity contribution is 5.73. The molecule has 0 spiro atoms. The Kier molecular flexibility index (Phi) is 7.23. The molecule has 118 valence electrons. The van der Waals surface area contributed by atoms with E-state index in [-0.39, 0.29) is 0 Å². The van der Waals surface area contributed by atoms with Gasteiger partial charge >= 0.3 is 0 Å². The number of aliphatic hydroxyl groups is 6. The highest BCUT2D eigenvalue weighted by atomic mass is 16.4. The van der Waals surface area contributed by atoms with Gasteiger partial charge in [0.05, 0.1) is 30.6 Å². The first-order valence-corrected chi connectivity index (χ1v) is 6.33. The summed E-state index contributed by atoms with van der Waals surface area (Å²) in [4.78, 5) is 7.07. The number of aliphatic hydroxyl groups excluding tert-OH is 6. The summed E-state index contributed by atoms with van der Waals surface area (Å²) in [7, 11) is 0. The molecule has 1 heterocycles. The number of nitrogens with one attached hydrogen (secondary N) is 1. The fourth-order valence-electron chi connectivity index (χ4n) is 1.55. The molecule has 21 heavy (non-hydrogen) atoms. The average molecular weight is 300 g/mol. The molecule has 0 amide bonds. The minimum Gasteiger partial charge on any atom is -0.394 e. The fourth-order valence-corrected chi connectivity index (χ4v) is 1.55. The molecule has 0 fully saturated rings. The molecule has 0 aliphatic heterocycles. The number of para-hydroxylation sites is 2. The Labute approximate surface area is 121 Å². The lowest BCUT2D eigenvalue weighted by Crippen LogP contribution is -2.46. The van der Waals surface area contributed by atoms with Crippen LogP contribution in [0.1, 0.15) is 0 Å². The number of imidazole rings is 1. The lowest BCUT2D eigenvalue weighted by Gasteiger charge is -2.24. The molecule has 0 aliphatic rings. The first-order valence-electron chi connectivity index (χ1n) is 6.33. The number of rotatable bonds is 5. The van der Waals surface area contributed by atoms with Crippen molar-refractivity contribution in [2.45, 2.75) is 24.4 Å². The normalized spacial score (nSPS) is 16.7. The minimum atomic E-state index is -1.67. The Bertz CT molecular complexity index is 476. The summed E-state index contributed by atoms with van der Waals surface area (Å²) < 4.78 is 0. The second-order valence-corrected chi connectivity index (χ2v) is 4.40. The first kappa shape index (κ1) is 17.5. The Hall–Kier alpha value is -1.55. The van der Waals surface area contributed by atoms with Crippen LogP contribution in [0.2, 0.25) is 0 Å². The Morgan fingerprint density at radius 3 is 1.90 bits per heavy atom. The van der Waals surface area contributed by atoms with Gasteiger partial charge in [0, 0.05) is 0 Å². The van der Waals surface area contributed by atoms with Crippen molar-refractivity contribution in [3.05, 3.63) is 30.6 Å². The molecule has 4 atom stereocenters. The van der Waals surface area contributed by atoms with Crippen LogP contribution >= 0.6 is 0 Å². The summed E-state index contributed by atoms with van der Waals surface area (Å²) in [6, 6.07) is 7.94. The van der Waals surface area contributed by atoms with Gasteiger partial charge in [-0.05, 0) is 12.1 Å². The Morgan fingerprint density at radius 1 is 0.905 bits per heavy atom. The van der Waals surface area contributed by atoms with Crippen molar-refractivity contribution in [3.8, 4) is 0 Å². The zero-order valence-electron chi connectivity index (χ0n) is 11.2. The standard InChI is InChI=1S/C7H6N2.C6H14O6/c1-2-4-7-6(3-1)8-5-9-7;7-1-3(9)5(11)6(12)4(10)2-8/h1-5H,(H,8,9);3-12H,1-2H2. The predicted molar refractivity (Wildman–Crippen MR) is 74.3 cm³/mol. The molecule has 0 saturated carbocycles. The highest BCUT2D eigenvalue weighted by Gasteiger charge is 2.29. The van der Waals surface area contributed by atoms with Crippen LogP contribution < -0.4 is 0 Å². The smallest absolute Gasteiger partial charge is 0.111 e. The van der Waals surface area contributed by atoms with Gasteiger partial charge in [-0.3, -0.25) is 0 Å². The first-order chi connectivity index (χ1) is 10.0. The maximum atomic E-state index is 8.96. The number of hydrogen-bond donors (Lipinski definition) is 7. The molecule has 4 unspecified atom stereocenters. The van der Waals surface area contributed by atoms with Crippen LogP contribution in [0.5, 0.6) is 0 Å². The summed E-state index contributed by atoms with van der Waals surface area (Å²) >= 11 is 0. The molecular formula is C13H20N2O6. The van der Waals surface area contributed by atoms with Gasteiger partial charge in [-0.1, -0.05) is 12.1 Å². The van der Waals surface area contributed by atoms with E-state index >= 15 is 0 Å². The largest absolute Gasteiger partial charge is 0.394 e. The molecule has 0 bridgehead atoms. The summed E-state index contributed by atoms with van der Waals surface area (Å²) in [6.45, 7) is -1.45. The summed E-state index contributed by atoms with van der Waals surface area (Å²) in [5, 5.41) is 52.2. The van der Waals surface area contributed by atoms with Crippen LogP contribution in [0.4, 0.5) is 0 Å². The Morgan fingerprint density at radius 2 is 1.43 bits per heavy atom. The van der Waals surface area contributed by atoms with Crippen LogP contribution in [0.15, 0.2) is 30.6 Å². The van der Waals surface area contributed by atoms with Crippen LogP contribution in [-0.2, 0) is 0 Å². The van der Waals surface area contributed by atoms with E-state index in [0.717, 1.165) is 11.0 Å². The molecule has 0 radical (unpaired) electrons. The lowest BCUT2D eigenvalue weighted by molar-refractivity contribution is -0.123. The van der Waals surface area contributed by atoms with Crippen molar-refractivity contribution >= 4 is 11.0 Å². The number of fused-ring (bicyclic) bond motifs is 1. The van der Waals surface area contributed by atoms with Crippen molar-refractivity contribution in [1.29, 1.82) is 0 Å². The van der Waals surface area contributed by atoms with E-state index < -0.39 is 37.6 Å². The minimum absolute atomic E-state index is 0.726. The molecular weight excluding hydrogens is 280 g/mol. The van der Waals surface area contributed by atoms with Crippen molar-refractivity contribution in [2.24, 2.45) is 0 Å². The average Bonchev–Trinajstić information content (AvgIpc) is 3.01. The maximum Gasteiger partial charge on any atom is 0.111 e. The van der Waals surface area contributed by atoms with Crippen LogP contribution in [0, 0.1) is 0 Å². The van der Waals surface area contributed by atoms with E-state index in [0.29, 0.717) is 0 Å². The number of nitrogens with zero attached hydrogens (tertiary/aromatic N) is 1. The molecule has 2 aromatic rings. The predicted octanol–water partition coefficient (Wildman–Crippen LogP) is -2.02.